The Morgan fingerprint density at radius 3 is 2.75 bits per heavy atom. The summed E-state index contributed by atoms with van der Waals surface area (Å²) in [6.45, 7) is 2.59. The molecule has 3 nitrogen and oxygen atoms in total. The van der Waals surface area contributed by atoms with Crippen LogP contribution in [-0.4, -0.2) is 30.0 Å². The summed E-state index contributed by atoms with van der Waals surface area (Å²) >= 11 is 5.49. The highest BCUT2D eigenvalue weighted by Gasteiger charge is 2.09. The molecule has 0 aliphatic heterocycles. The maximum Gasteiger partial charge on any atom is 0.224 e. The van der Waals surface area contributed by atoms with Gasteiger partial charge in [0.15, 0.2) is 0 Å². The van der Waals surface area contributed by atoms with Crippen molar-refractivity contribution >= 4 is 17.5 Å². The van der Waals surface area contributed by atoms with E-state index in [1.165, 1.54) is 0 Å². The Labute approximate surface area is 78.1 Å². The minimum atomic E-state index is -0.124. The van der Waals surface area contributed by atoms with Crippen LogP contribution in [0.3, 0.4) is 0 Å². The Hall–Kier alpha value is -0.280. The lowest BCUT2D eigenvalue weighted by Gasteiger charge is -2.08. The van der Waals surface area contributed by atoms with Crippen molar-refractivity contribution < 1.29 is 9.90 Å². The van der Waals surface area contributed by atoms with E-state index in [0.29, 0.717) is 12.4 Å². The van der Waals surface area contributed by atoms with E-state index >= 15 is 0 Å². The maximum atomic E-state index is 11.1. The number of hydrogen-bond acceptors (Lipinski definition) is 2. The van der Waals surface area contributed by atoms with Gasteiger partial charge in [0.2, 0.25) is 5.91 Å². The van der Waals surface area contributed by atoms with Crippen LogP contribution in [0.4, 0.5) is 0 Å². The molecule has 0 aliphatic rings. The lowest BCUT2D eigenvalue weighted by atomic mass is 10.2. The fourth-order valence-electron chi connectivity index (χ4n) is 0.693. The number of carbonyl (C=O) groups is 1. The molecule has 1 unspecified atom stereocenters. The molecule has 0 aromatic carbocycles. The number of rotatable bonds is 6. The third-order valence-corrected chi connectivity index (χ3v) is 2.03. The summed E-state index contributed by atoms with van der Waals surface area (Å²) in [7, 11) is 0. The molecule has 0 heterocycles. The van der Waals surface area contributed by atoms with Crippen LogP contribution in [0.15, 0.2) is 0 Å². The third kappa shape index (κ3) is 5.38. The van der Waals surface area contributed by atoms with Gasteiger partial charge in [0.1, 0.15) is 0 Å². The van der Waals surface area contributed by atoms with Crippen molar-refractivity contribution in [1.29, 1.82) is 0 Å². The van der Waals surface area contributed by atoms with E-state index in [9.17, 15) is 4.79 Å². The van der Waals surface area contributed by atoms with Crippen LogP contribution in [0.25, 0.3) is 0 Å². The van der Waals surface area contributed by atoms with Crippen LogP contribution in [0.1, 0.15) is 19.8 Å². The second kappa shape index (κ2) is 7.37. The summed E-state index contributed by atoms with van der Waals surface area (Å²) in [6, 6.07) is 0. The maximum absolute atomic E-state index is 11.1. The molecule has 1 atom stereocenters. The summed E-state index contributed by atoms with van der Waals surface area (Å²) in [6.07, 6.45) is 1.55. The summed E-state index contributed by atoms with van der Waals surface area (Å²) in [5.41, 5.74) is 0. The van der Waals surface area contributed by atoms with E-state index in [1.807, 2.05) is 0 Å². The standard InChI is InChI=1S/C8H16ClNO2/c1-7(6-9)8(12)10-4-2-3-5-11/h7,11H,2-6H2,1H3,(H,10,12). The van der Waals surface area contributed by atoms with Crippen molar-refractivity contribution in [3.8, 4) is 0 Å². The molecule has 0 bridgehead atoms. The molecule has 0 aliphatic carbocycles. The van der Waals surface area contributed by atoms with E-state index in [2.05, 4.69) is 5.32 Å². The summed E-state index contributed by atoms with van der Waals surface area (Å²) in [4.78, 5) is 11.1. The van der Waals surface area contributed by atoms with Crippen LogP contribution in [0.5, 0.6) is 0 Å². The Balaban J connectivity index is 3.31. The Bertz CT molecular complexity index is 130. The molecule has 0 saturated carbocycles. The van der Waals surface area contributed by atoms with Crippen molar-refractivity contribution in [2.45, 2.75) is 19.8 Å². The van der Waals surface area contributed by atoms with Gasteiger partial charge in [0, 0.05) is 24.9 Å². The van der Waals surface area contributed by atoms with E-state index in [-0.39, 0.29) is 18.4 Å². The number of amides is 1. The first-order valence-electron chi connectivity index (χ1n) is 4.17. The zero-order chi connectivity index (χ0) is 9.40. The number of aliphatic hydroxyl groups is 1. The largest absolute Gasteiger partial charge is 0.396 e. The van der Waals surface area contributed by atoms with Crippen LogP contribution in [0, 0.1) is 5.92 Å². The molecular weight excluding hydrogens is 178 g/mol. The number of nitrogens with one attached hydrogen (secondary N) is 1. The van der Waals surface area contributed by atoms with E-state index < -0.39 is 0 Å². The van der Waals surface area contributed by atoms with Crippen molar-refractivity contribution in [3.05, 3.63) is 0 Å². The second-order valence-electron chi connectivity index (χ2n) is 2.78. The first-order chi connectivity index (χ1) is 5.72. The topological polar surface area (TPSA) is 49.3 Å². The monoisotopic (exact) mass is 193 g/mol. The first-order valence-corrected chi connectivity index (χ1v) is 4.70. The van der Waals surface area contributed by atoms with Crippen molar-refractivity contribution in [1.82, 2.24) is 5.32 Å². The average molecular weight is 194 g/mol. The molecule has 12 heavy (non-hydrogen) atoms. The summed E-state index contributed by atoms with van der Waals surface area (Å²) in [5, 5.41) is 11.2. The zero-order valence-electron chi connectivity index (χ0n) is 7.35. The van der Waals surface area contributed by atoms with E-state index in [1.54, 1.807) is 6.92 Å². The lowest BCUT2D eigenvalue weighted by molar-refractivity contribution is -0.123. The van der Waals surface area contributed by atoms with Gasteiger partial charge >= 0.3 is 0 Å². The minimum Gasteiger partial charge on any atom is -0.396 e. The molecule has 0 aromatic rings. The molecule has 0 rings (SSSR count). The molecule has 1 amide bonds. The highest BCUT2D eigenvalue weighted by molar-refractivity contribution is 6.19. The minimum absolute atomic E-state index is 0.0112. The van der Waals surface area contributed by atoms with Gasteiger partial charge in [-0.15, -0.1) is 11.6 Å². The first kappa shape index (κ1) is 11.7. The van der Waals surface area contributed by atoms with Crippen molar-refractivity contribution in [2.24, 2.45) is 5.92 Å². The SMILES string of the molecule is CC(CCl)C(=O)NCCCCO. The highest BCUT2D eigenvalue weighted by atomic mass is 35.5. The van der Waals surface area contributed by atoms with Gasteiger partial charge in [-0.25, -0.2) is 0 Å². The van der Waals surface area contributed by atoms with Crippen molar-refractivity contribution in [3.63, 3.8) is 0 Å². The zero-order valence-corrected chi connectivity index (χ0v) is 8.10. The van der Waals surface area contributed by atoms with Gasteiger partial charge in [-0.05, 0) is 12.8 Å². The summed E-state index contributed by atoms with van der Waals surface area (Å²) in [5.74, 6) is 0.218. The molecule has 2 N–H and O–H groups in total. The Morgan fingerprint density at radius 1 is 1.58 bits per heavy atom. The molecule has 0 saturated heterocycles. The third-order valence-electron chi connectivity index (χ3n) is 1.56. The predicted octanol–water partition coefficient (Wildman–Crippen LogP) is 0.750. The molecule has 0 spiro atoms. The van der Waals surface area contributed by atoms with Crippen LogP contribution in [0.2, 0.25) is 0 Å². The van der Waals surface area contributed by atoms with Gasteiger partial charge in [0.25, 0.3) is 0 Å². The van der Waals surface area contributed by atoms with Crippen molar-refractivity contribution in [2.75, 3.05) is 19.0 Å². The van der Waals surface area contributed by atoms with E-state index in [4.69, 9.17) is 16.7 Å². The quantitative estimate of drug-likeness (QED) is 0.483. The fraction of sp³-hybridized carbons (Fsp3) is 0.875. The molecule has 0 fully saturated rings. The van der Waals surface area contributed by atoms with Crippen LogP contribution >= 0.6 is 11.6 Å². The number of aliphatic hydroxyl groups excluding tert-OH is 1. The predicted molar refractivity (Wildman–Crippen MR) is 49.2 cm³/mol. The Morgan fingerprint density at radius 2 is 2.25 bits per heavy atom. The van der Waals surface area contributed by atoms with Crippen LogP contribution in [-0.2, 0) is 4.79 Å². The smallest absolute Gasteiger partial charge is 0.224 e. The molecule has 72 valence electrons. The number of hydrogen-bond donors (Lipinski definition) is 2. The average Bonchev–Trinajstić information content (AvgIpc) is 2.10. The van der Waals surface area contributed by atoms with Gasteiger partial charge in [0.05, 0.1) is 0 Å². The van der Waals surface area contributed by atoms with E-state index in [0.717, 1.165) is 12.8 Å². The van der Waals surface area contributed by atoms with Gasteiger partial charge in [-0.1, -0.05) is 6.92 Å². The number of halogens is 1. The highest BCUT2D eigenvalue weighted by Crippen LogP contribution is 1.97. The summed E-state index contributed by atoms with van der Waals surface area (Å²) < 4.78 is 0. The van der Waals surface area contributed by atoms with Crippen LogP contribution < -0.4 is 5.32 Å². The number of carbonyl (C=O) groups excluding carboxylic acids is 1. The number of alkyl halides is 1. The van der Waals surface area contributed by atoms with Gasteiger partial charge in [-0.3, -0.25) is 4.79 Å². The lowest BCUT2D eigenvalue weighted by Crippen LogP contribution is -2.30. The van der Waals surface area contributed by atoms with Gasteiger partial charge in [-0.2, -0.15) is 0 Å². The number of unbranched alkanes of at least 4 members (excludes halogenated alkanes) is 1. The molecular formula is C8H16ClNO2. The molecule has 0 radical (unpaired) electrons. The molecule has 4 heteroatoms. The van der Waals surface area contributed by atoms with Gasteiger partial charge < -0.3 is 10.4 Å². The normalized spacial score (nSPS) is 12.6. The molecule has 0 aromatic heterocycles. The fourth-order valence-corrected chi connectivity index (χ4v) is 0.833. The second-order valence-corrected chi connectivity index (χ2v) is 3.09. The Kier molecular flexibility index (Phi) is 7.20.